The number of amides is 2. The van der Waals surface area contributed by atoms with Gasteiger partial charge in [0.2, 0.25) is 5.91 Å². The number of rotatable bonds is 11. The van der Waals surface area contributed by atoms with E-state index in [1.807, 2.05) is 20.8 Å². The van der Waals surface area contributed by atoms with E-state index in [0.29, 0.717) is 68.0 Å². The number of halogens is 1. The topological polar surface area (TPSA) is 149 Å². The van der Waals surface area contributed by atoms with Crippen LogP contribution in [0.4, 0.5) is 10.5 Å². The Morgan fingerprint density at radius 1 is 1.02 bits per heavy atom. The molecule has 260 valence electrons. The average molecular weight is 685 g/mol. The number of benzene rings is 1. The van der Waals surface area contributed by atoms with Crippen molar-refractivity contribution in [3.05, 3.63) is 57.4 Å². The quantitative estimate of drug-likeness (QED) is 0.145. The highest BCUT2D eigenvalue weighted by atomic mass is 35.5. The molecule has 2 atom stereocenters. The summed E-state index contributed by atoms with van der Waals surface area (Å²) in [4.78, 5) is 70.4. The number of methoxy groups -OCH3 is 1. The first-order chi connectivity index (χ1) is 22.7. The summed E-state index contributed by atoms with van der Waals surface area (Å²) >= 11 is 5.99. The lowest BCUT2D eigenvalue weighted by Gasteiger charge is -2.35. The molecule has 4 rings (SSSR count). The second-order valence-corrected chi connectivity index (χ2v) is 14.1. The Labute approximate surface area is 286 Å². The van der Waals surface area contributed by atoms with Crippen LogP contribution in [-0.4, -0.2) is 82.3 Å². The molecule has 12 nitrogen and oxygen atoms in total. The standard InChI is InChI=1S/C35H45ClN4O8/c1-35(2,3)48-34(44)38-14-11-23(12-15-38)7-10-32(42)39-13-5-6-25(22-39)31(41)18-26(19-33(43)47-4)28-16-27(20-37-21-28)24-8-9-29(36)30(17-24)40(45)46/h8-9,16-17,20-21,23,25-26H,5-7,10-15,18-19,22H2,1-4H3/t25-,26?/m1/s1. The van der Waals surface area contributed by atoms with Crippen LogP contribution < -0.4 is 0 Å². The number of nitro groups is 1. The van der Waals surface area contributed by atoms with Crippen LogP contribution in [0.1, 0.15) is 83.6 Å². The highest BCUT2D eigenvalue weighted by molar-refractivity contribution is 6.32. The maximum absolute atomic E-state index is 13.7. The van der Waals surface area contributed by atoms with Crippen LogP contribution >= 0.6 is 11.6 Å². The van der Waals surface area contributed by atoms with Gasteiger partial charge in [0, 0.05) is 74.9 Å². The van der Waals surface area contributed by atoms with Crippen molar-refractivity contribution in [3.63, 3.8) is 0 Å². The lowest BCUT2D eigenvalue weighted by Crippen LogP contribution is -2.43. The second-order valence-electron chi connectivity index (χ2n) is 13.7. The largest absolute Gasteiger partial charge is 0.469 e. The molecule has 0 bridgehead atoms. The SMILES string of the molecule is COC(=O)CC(CC(=O)[C@@H]1CCCN(C(=O)CCC2CCN(C(=O)OC(C)(C)C)CC2)C1)c1cncc(-c2ccc(Cl)c([N+](=O)[O-])c2)c1. The van der Waals surface area contributed by atoms with E-state index in [0.717, 1.165) is 19.3 Å². The number of nitro benzene ring substituents is 1. The highest BCUT2D eigenvalue weighted by Crippen LogP contribution is 2.34. The van der Waals surface area contributed by atoms with Crippen LogP contribution in [0.25, 0.3) is 11.1 Å². The summed E-state index contributed by atoms with van der Waals surface area (Å²) in [6.07, 6.45) is 6.99. The number of esters is 1. The minimum Gasteiger partial charge on any atom is -0.469 e. The number of ketones is 1. The summed E-state index contributed by atoms with van der Waals surface area (Å²) in [6, 6.07) is 6.24. The maximum atomic E-state index is 13.7. The number of nitrogens with zero attached hydrogens (tertiary/aromatic N) is 4. The number of piperidine rings is 2. The number of hydrogen-bond donors (Lipinski definition) is 0. The van der Waals surface area contributed by atoms with Gasteiger partial charge in [0.05, 0.1) is 18.5 Å². The predicted octanol–water partition coefficient (Wildman–Crippen LogP) is 6.58. The molecule has 1 unspecified atom stereocenters. The van der Waals surface area contributed by atoms with Gasteiger partial charge >= 0.3 is 12.1 Å². The Balaban J connectivity index is 1.35. The van der Waals surface area contributed by atoms with Crippen molar-refractivity contribution in [2.45, 2.75) is 83.7 Å². The minimum absolute atomic E-state index is 0.0163. The fourth-order valence-corrected chi connectivity index (χ4v) is 6.54. The van der Waals surface area contributed by atoms with E-state index >= 15 is 0 Å². The van der Waals surface area contributed by atoms with Gasteiger partial charge in [0.1, 0.15) is 16.4 Å². The second kappa shape index (κ2) is 16.4. The molecule has 1 aromatic heterocycles. The molecule has 2 amide bonds. The molecule has 2 aliphatic rings. The molecule has 13 heteroatoms. The minimum atomic E-state index is -0.558. The van der Waals surface area contributed by atoms with E-state index in [4.69, 9.17) is 21.1 Å². The number of aromatic nitrogens is 1. The van der Waals surface area contributed by atoms with Crippen molar-refractivity contribution in [3.8, 4) is 11.1 Å². The van der Waals surface area contributed by atoms with Crippen LogP contribution in [0.5, 0.6) is 0 Å². The van der Waals surface area contributed by atoms with E-state index in [1.165, 1.54) is 19.2 Å². The summed E-state index contributed by atoms with van der Waals surface area (Å²) in [7, 11) is 1.29. The van der Waals surface area contributed by atoms with E-state index in [1.54, 1.807) is 34.3 Å². The van der Waals surface area contributed by atoms with Crippen molar-refractivity contribution in [2.24, 2.45) is 11.8 Å². The molecular formula is C35H45ClN4O8. The molecule has 3 heterocycles. The fourth-order valence-electron chi connectivity index (χ4n) is 6.36. The van der Waals surface area contributed by atoms with Crippen LogP contribution in [0.15, 0.2) is 36.7 Å². The monoisotopic (exact) mass is 684 g/mol. The molecule has 1 aromatic carbocycles. The van der Waals surface area contributed by atoms with Gasteiger partial charge in [-0.25, -0.2) is 4.79 Å². The summed E-state index contributed by atoms with van der Waals surface area (Å²) in [6.45, 7) is 7.71. The maximum Gasteiger partial charge on any atom is 0.410 e. The molecule has 0 aliphatic carbocycles. The normalized spacial score (nSPS) is 17.8. The van der Waals surface area contributed by atoms with Crippen LogP contribution in [0.2, 0.25) is 5.02 Å². The van der Waals surface area contributed by atoms with E-state index in [2.05, 4.69) is 4.98 Å². The number of pyridine rings is 1. The zero-order valence-electron chi connectivity index (χ0n) is 28.1. The first-order valence-electron chi connectivity index (χ1n) is 16.5. The summed E-state index contributed by atoms with van der Waals surface area (Å²) < 4.78 is 10.4. The van der Waals surface area contributed by atoms with Gasteiger partial charge < -0.3 is 19.3 Å². The molecule has 2 fully saturated rings. The number of ether oxygens (including phenoxy) is 2. The van der Waals surface area contributed by atoms with Gasteiger partial charge in [0.15, 0.2) is 0 Å². The third-order valence-corrected chi connectivity index (χ3v) is 9.38. The number of hydrogen-bond acceptors (Lipinski definition) is 9. The fraction of sp³-hybridized carbons (Fsp3) is 0.571. The first kappa shape index (κ1) is 36.8. The Kier molecular flexibility index (Phi) is 12.5. The van der Waals surface area contributed by atoms with Crippen molar-refractivity contribution < 1.29 is 33.6 Å². The molecule has 0 N–H and O–H groups in total. The van der Waals surface area contributed by atoms with Gasteiger partial charge in [-0.2, -0.15) is 0 Å². The Morgan fingerprint density at radius 2 is 1.75 bits per heavy atom. The molecule has 0 spiro atoms. The van der Waals surface area contributed by atoms with E-state index < -0.39 is 22.4 Å². The molecule has 2 aromatic rings. The first-order valence-corrected chi connectivity index (χ1v) is 16.9. The Hall–Kier alpha value is -4.06. The lowest BCUT2D eigenvalue weighted by atomic mass is 9.84. The predicted molar refractivity (Wildman–Crippen MR) is 179 cm³/mol. The van der Waals surface area contributed by atoms with Gasteiger partial charge in [-0.1, -0.05) is 17.7 Å². The third kappa shape index (κ3) is 10.2. The smallest absolute Gasteiger partial charge is 0.410 e. The van der Waals surface area contributed by atoms with E-state index in [-0.39, 0.29) is 47.3 Å². The van der Waals surface area contributed by atoms with Crippen LogP contribution in [0.3, 0.4) is 0 Å². The number of carbonyl (C=O) groups excluding carboxylic acids is 4. The number of Topliss-reactive ketones (excluding diaryl/α,β-unsaturated/α-hetero) is 1. The molecule has 48 heavy (non-hydrogen) atoms. The van der Waals surface area contributed by atoms with Gasteiger partial charge in [-0.15, -0.1) is 0 Å². The van der Waals surface area contributed by atoms with E-state index in [9.17, 15) is 29.3 Å². The van der Waals surface area contributed by atoms with Crippen molar-refractivity contribution in [1.82, 2.24) is 14.8 Å². The summed E-state index contributed by atoms with van der Waals surface area (Å²) in [5, 5.41) is 11.4. The number of likely N-dealkylation sites (tertiary alicyclic amines) is 2. The summed E-state index contributed by atoms with van der Waals surface area (Å²) in [5.74, 6) is -1.02. The van der Waals surface area contributed by atoms with Crippen molar-refractivity contribution in [1.29, 1.82) is 0 Å². The molecular weight excluding hydrogens is 640 g/mol. The zero-order chi connectivity index (χ0) is 35.0. The number of carbonyl (C=O) groups is 4. The highest BCUT2D eigenvalue weighted by Gasteiger charge is 2.32. The Bertz CT molecular complexity index is 1500. The lowest BCUT2D eigenvalue weighted by molar-refractivity contribution is -0.384. The molecule has 0 saturated carbocycles. The van der Waals surface area contributed by atoms with Crippen molar-refractivity contribution >= 4 is 41.0 Å². The van der Waals surface area contributed by atoms with Crippen LogP contribution in [-0.2, 0) is 23.9 Å². The Morgan fingerprint density at radius 3 is 2.42 bits per heavy atom. The molecule has 2 aliphatic heterocycles. The average Bonchev–Trinajstić information content (AvgIpc) is 3.06. The van der Waals surface area contributed by atoms with Crippen molar-refractivity contribution in [2.75, 3.05) is 33.3 Å². The zero-order valence-corrected chi connectivity index (χ0v) is 28.9. The van der Waals surface area contributed by atoms with Gasteiger partial charge in [0.25, 0.3) is 5.69 Å². The summed E-state index contributed by atoms with van der Waals surface area (Å²) in [5.41, 5.74) is 0.966. The molecule has 2 saturated heterocycles. The van der Waals surface area contributed by atoms with Gasteiger partial charge in [-0.05, 0) is 82.1 Å². The van der Waals surface area contributed by atoms with Crippen LogP contribution in [0, 0.1) is 22.0 Å². The van der Waals surface area contributed by atoms with Gasteiger partial charge in [-0.3, -0.25) is 29.5 Å². The molecule has 0 radical (unpaired) electrons. The third-order valence-electron chi connectivity index (χ3n) is 9.06.